The minimum absolute atomic E-state index is 0.0334. The highest BCUT2D eigenvalue weighted by molar-refractivity contribution is 6.06. The van der Waals surface area contributed by atoms with E-state index in [4.69, 9.17) is 0 Å². The second-order valence-corrected chi connectivity index (χ2v) is 7.89. The average molecular weight is 322 g/mol. The van der Waals surface area contributed by atoms with Crippen molar-refractivity contribution in [2.45, 2.75) is 20.3 Å². The van der Waals surface area contributed by atoms with E-state index in [0.29, 0.717) is 23.7 Å². The number of nitrogens with one attached hydrogen (secondary N) is 1. The summed E-state index contributed by atoms with van der Waals surface area (Å²) in [6.07, 6.45) is 5.63. The fourth-order valence-corrected chi connectivity index (χ4v) is 5.20. The molecule has 1 aliphatic heterocycles. The van der Waals surface area contributed by atoms with Gasteiger partial charge in [-0.1, -0.05) is 18.2 Å². The van der Waals surface area contributed by atoms with Crippen LogP contribution >= 0.6 is 0 Å². The Labute approximate surface area is 141 Å². The van der Waals surface area contributed by atoms with E-state index in [1.807, 2.05) is 6.07 Å². The van der Waals surface area contributed by atoms with E-state index in [0.717, 1.165) is 5.69 Å². The Kier molecular flexibility index (Phi) is 2.80. The summed E-state index contributed by atoms with van der Waals surface area (Å²) in [7, 11) is 0. The minimum atomic E-state index is -0.0993. The van der Waals surface area contributed by atoms with Crippen LogP contribution in [0.1, 0.15) is 17.5 Å². The first kappa shape index (κ1) is 14.3. The van der Waals surface area contributed by atoms with Gasteiger partial charge >= 0.3 is 0 Å². The lowest BCUT2D eigenvalue weighted by Crippen LogP contribution is -2.40. The van der Waals surface area contributed by atoms with Crippen molar-refractivity contribution in [3.8, 4) is 0 Å². The van der Waals surface area contributed by atoms with Gasteiger partial charge in [-0.25, -0.2) is 0 Å². The van der Waals surface area contributed by atoms with Crippen LogP contribution in [0.25, 0.3) is 0 Å². The Morgan fingerprint density at radius 3 is 2.21 bits per heavy atom. The van der Waals surface area contributed by atoms with Crippen molar-refractivity contribution in [2.24, 2.45) is 35.5 Å². The summed E-state index contributed by atoms with van der Waals surface area (Å²) < 4.78 is 0. The number of likely N-dealkylation sites (tertiary alicyclic amines) is 1. The smallest absolute Gasteiger partial charge is 0.235 e. The summed E-state index contributed by atoms with van der Waals surface area (Å²) in [6, 6.07) is 6.12. The Hall–Kier alpha value is -2.10. The van der Waals surface area contributed by atoms with Crippen LogP contribution in [0.2, 0.25) is 0 Å². The molecule has 0 spiro atoms. The lowest BCUT2D eigenvalue weighted by molar-refractivity contribution is -0.139. The molecule has 24 heavy (non-hydrogen) atoms. The lowest BCUT2D eigenvalue weighted by atomic mass is 9.63. The number of aryl methyl sites for hydroxylation is 2. The first-order valence-corrected chi connectivity index (χ1v) is 8.91. The molecule has 5 aliphatic rings. The monoisotopic (exact) mass is 322 g/mol. The molecule has 4 heteroatoms. The highest BCUT2D eigenvalue weighted by Crippen LogP contribution is 2.65. The van der Waals surface area contributed by atoms with E-state index in [1.165, 1.54) is 22.4 Å². The van der Waals surface area contributed by atoms with Gasteiger partial charge in [0.05, 0.1) is 18.5 Å². The molecule has 1 N–H and O–H groups in total. The molecule has 1 aromatic carbocycles. The fourth-order valence-electron chi connectivity index (χ4n) is 5.20. The fraction of sp³-hybridized carbons (Fsp3) is 0.500. The molecule has 1 heterocycles. The number of anilines is 1. The molecule has 6 atom stereocenters. The van der Waals surface area contributed by atoms with Gasteiger partial charge in [0.2, 0.25) is 11.8 Å². The number of nitrogens with zero attached hydrogens (tertiary/aromatic N) is 1. The molecule has 6 rings (SSSR count). The average Bonchev–Trinajstić information content (AvgIpc) is 3.35. The highest BCUT2D eigenvalue weighted by atomic mass is 16.2. The zero-order valence-corrected chi connectivity index (χ0v) is 14.0. The van der Waals surface area contributed by atoms with Gasteiger partial charge in [-0.15, -0.1) is 0 Å². The number of benzene rings is 1. The first-order valence-electron chi connectivity index (χ1n) is 8.91. The molecule has 4 nitrogen and oxygen atoms in total. The number of hydrogen-bond donors (Lipinski definition) is 1. The largest absolute Gasteiger partial charge is 0.367 e. The van der Waals surface area contributed by atoms with Gasteiger partial charge in [0, 0.05) is 5.69 Å². The Bertz CT molecular complexity index is 748. The summed E-state index contributed by atoms with van der Waals surface area (Å²) in [4.78, 5) is 27.2. The zero-order valence-electron chi connectivity index (χ0n) is 14.0. The molecule has 6 unspecified atom stereocenters. The number of rotatable bonds is 3. The maximum Gasteiger partial charge on any atom is 0.235 e. The molecule has 1 saturated heterocycles. The molecule has 2 amide bonds. The number of carbonyl (C=O) groups is 2. The van der Waals surface area contributed by atoms with Gasteiger partial charge in [0.15, 0.2) is 0 Å². The van der Waals surface area contributed by atoms with Crippen LogP contribution in [0.4, 0.5) is 5.69 Å². The predicted molar refractivity (Wildman–Crippen MR) is 91.0 cm³/mol. The van der Waals surface area contributed by atoms with Crippen molar-refractivity contribution >= 4 is 17.5 Å². The van der Waals surface area contributed by atoms with Gasteiger partial charge in [-0.05, 0) is 67.2 Å². The number of imide groups is 1. The highest BCUT2D eigenvalue weighted by Gasteiger charge is 2.66. The Balaban J connectivity index is 1.36. The van der Waals surface area contributed by atoms with Crippen molar-refractivity contribution in [3.05, 3.63) is 41.5 Å². The lowest BCUT2D eigenvalue weighted by Gasteiger charge is -2.37. The molecule has 4 aliphatic carbocycles. The van der Waals surface area contributed by atoms with Crippen molar-refractivity contribution in [2.75, 3.05) is 12.0 Å². The van der Waals surface area contributed by atoms with E-state index in [1.54, 1.807) is 0 Å². The van der Waals surface area contributed by atoms with Gasteiger partial charge in [0.1, 0.15) is 0 Å². The molecule has 2 saturated carbocycles. The van der Waals surface area contributed by atoms with Crippen molar-refractivity contribution in [3.63, 3.8) is 0 Å². The van der Waals surface area contributed by atoms with Crippen LogP contribution in [0, 0.1) is 49.4 Å². The van der Waals surface area contributed by atoms with Crippen molar-refractivity contribution < 1.29 is 9.59 Å². The van der Waals surface area contributed by atoms with E-state index >= 15 is 0 Å². The summed E-state index contributed by atoms with van der Waals surface area (Å²) in [6.45, 7) is 4.42. The van der Waals surface area contributed by atoms with Crippen LogP contribution in [-0.2, 0) is 9.59 Å². The molecule has 3 fully saturated rings. The molecule has 124 valence electrons. The van der Waals surface area contributed by atoms with Gasteiger partial charge in [-0.3, -0.25) is 14.5 Å². The molecular weight excluding hydrogens is 300 g/mol. The van der Waals surface area contributed by atoms with E-state index in [2.05, 4.69) is 43.4 Å². The Morgan fingerprint density at radius 1 is 1.00 bits per heavy atom. The summed E-state index contributed by atoms with van der Waals surface area (Å²) >= 11 is 0. The molecule has 0 aromatic heterocycles. The van der Waals surface area contributed by atoms with Gasteiger partial charge < -0.3 is 5.32 Å². The van der Waals surface area contributed by atoms with Gasteiger partial charge in [0.25, 0.3) is 0 Å². The van der Waals surface area contributed by atoms with Crippen LogP contribution in [0.3, 0.4) is 0 Å². The van der Waals surface area contributed by atoms with Crippen molar-refractivity contribution in [1.82, 2.24) is 4.90 Å². The third-order valence-corrected chi connectivity index (χ3v) is 6.70. The SMILES string of the molecule is Cc1ccc(NCN2C(=O)C3C4C=CC(C5CC45)C3C2=O)cc1C. The number of amides is 2. The maximum atomic E-state index is 12.9. The van der Waals surface area contributed by atoms with Crippen LogP contribution < -0.4 is 5.32 Å². The summed E-state index contributed by atoms with van der Waals surface area (Å²) in [5, 5.41) is 3.26. The molecular formula is C20H22N2O2. The quantitative estimate of drug-likeness (QED) is 0.688. The number of allylic oxidation sites excluding steroid dienone is 2. The third-order valence-electron chi connectivity index (χ3n) is 6.70. The summed E-state index contributed by atoms with van der Waals surface area (Å²) in [5.74, 6) is 1.78. The van der Waals surface area contributed by atoms with Crippen LogP contribution in [-0.4, -0.2) is 23.4 Å². The van der Waals surface area contributed by atoms with Gasteiger partial charge in [-0.2, -0.15) is 0 Å². The second kappa shape index (κ2) is 4.71. The number of hydrogen-bond acceptors (Lipinski definition) is 3. The standard InChI is InChI=1S/C20H22N2O2/c1-10-3-4-12(7-11(10)2)21-9-22-19(23)17-13-5-6-14(16-8-15(13)16)18(17)20(22)24/h3-7,13-18,21H,8-9H2,1-2H3. The van der Waals surface area contributed by atoms with E-state index in [-0.39, 0.29) is 30.3 Å². The topological polar surface area (TPSA) is 49.4 Å². The maximum absolute atomic E-state index is 12.9. The molecule has 0 radical (unpaired) electrons. The number of carbonyl (C=O) groups excluding carboxylic acids is 2. The Morgan fingerprint density at radius 2 is 1.62 bits per heavy atom. The van der Waals surface area contributed by atoms with Crippen LogP contribution in [0.5, 0.6) is 0 Å². The van der Waals surface area contributed by atoms with Crippen molar-refractivity contribution in [1.29, 1.82) is 0 Å². The molecule has 2 bridgehead atoms. The summed E-state index contributed by atoms with van der Waals surface area (Å²) in [5.41, 5.74) is 3.40. The minimum Gasteiger partial charge on any atom is -0.367 e. The van der Waals surface area contributed by atoms with E-state index < -0.39 is 0 Å². The zero-order chi connectivity index (χ0) is 16.6. The van der Waals surface area contributed by atoms with E-state index in [9.17, 15) is 9.59 Å². The second-order valence-electron chi connectivity index (χ2n) is 7.89. The molecule has 1 aromatic rings. The normalized spacial score (nSPS) is 38.3. The van der Waals surface area contributed by atoms with Crippen LogP contribution in [0.15, 0.2) is 30.4 Å². The first-order chi connectivity index (χ1) is 11.6. The third kappa shape index (κ3) is 1.80. The predicted octanol–water partition coefficient (Wildman–Crippen LogP) is 2.73.